The number of aryl methyl sites for hydroxylation is 1. The molecule has 0 saturated carbocycles. The van der Waals surface area contributed by atoms with Gasteiger partial charge in [0.05, 0.1) is 5.69 Å². The van der Waals surface area contributed by atoms with Gasteiger partial charge in [-0.05, 0) is 86.3 Å². The van der Waals surface area contributed by atoms with Crippen molar-refractivity contribution in [3.05, 3.63) is 35.7 Å². The lowest BCUT2D eigenvalue weighted by Gasteiger charge is -2.44. The van der Waals surface area contributed by atoms with E-state index < -0.39 is 0 Å². The van der Waals surface area contributed by atoms with Crippen LogP contribution in [0.5, 0.6) is 0 Å². The quantitative estimate of drug-likeness (QED) is 0.908. The van der Waals surface area contributed by atoms with Crippen LogP contribution in [0.3, 0.4) is 0 Å². The molecule has 4 rings (SSSR count). The van der Waals surface area contributed by atoms with Gasteiger partial charge in [-0.25, -0.2) is 0 Å². The molecule has 0 aliphatic carbocycles. The smallest absolute Gasteiger partial charge is 0.251 e. The molecule has 2 fully saturated rings. The normalized spacial score (nSPS) is 23.4. The maximum Gasteiger partial charge on any atom is 0.251 e. The summed E-state index contributed by atoms with van der Waals surface area (Å²) in [4.78, 5) is 15.2. The first kappa shape index (κ1) is 17.1. The lowest BCUT2D eigenvalue weighted by molar-refractivity contribution is 0.0575. The first-order valence-corrected chi connectivity index (χ1v) is 9.60. The lowest BCUT2D eigenvalue weighted by Crippen LogP contribution is -2.51. The van der Waals surface area contributed by atoms with Crippen LogP contribution in [-0.4, -0.2) is 56.7 Å². The first-order valence-electron chi connectivity index (χ1n) is 9.60. The SMILES string of the molecule is Cc1nnnn1-c1ccc(C(=O)NCC2CCCN3CCCCC23)cc1. The summed E-state index contributed by atoms with van der Waals surface area (Å²) in [5.74, 6) is 1.30. The number of aromatic nitrogens is 4. The van der Waals surface area contributed by atoms with E-state index in [1.165, 1.54) is 45.2 Å². The van der Waals surface area contributed by atoms with Crippen LogP contribution in [0.4, 0.5) is 0 Å². The zero-order chi connectivity index (χ0) is 17.9. The van der Waals surface area contributed by atoms with Gasteiger partial charge in [-0.15, -0.1) is 5.10 Å². The number of nitrogens with one attached hydrogen (secondary N) is 1. The number of carbonyl (C=O) groups excluding carboxylic acids is 1. The van der Waals surface area contributed by atoms with Crippen LogP contribution >= 0.6 is 0 Å². The molecular weight excluding hydrogens is 328 g/mol. The Kier molecular flexibility index (Phi) is 4.97. The Morgan fingerprint density at radius 3 is 2.73 bits per heavy atom. The maximum atomic E-state index is 12.5. The van der Waals surface area contributed by atoms with Crippen molar-refractivity contribution in [2.24, 2.45) is 5.92 Å². The fourth-order valence-electron chi connectivity index (χ4n) is 4.37. The summed E-state index contributed by atoms with van der Waals surface area (Å²) in [7, 11) is 0. The molecule has 0 spiro atoms. The summed E-state index contributed by atoms with van der Waals surface area (Å²) < 4.78 is 1.65. The van der Waals surface area contributed by atoms with Crippen molar-refractivity contribution >= 4 is 5.91 Å². The molecule has 138 valence electrons. The van der Waals surface area contributed by atoms with Crippen LogP contribution in [0, 0.1) is 12.8 Å². The molecule has 7 nitrogen and oxygen atoms in total. The second kappa shape index (κ2) is 7.53. The van der Waals surface area contributed by atoms with Crippen LogP contribution in [0.25, 0.3) is 5.69 Å². The molecule has 2 aliphatic heterocycles. The van der Waals surface area contributed by atoms with Gasteiger partial charge in [-0.3, -0.25) is 4.79 Å². The Labute approximate surface area is 153 Å². The number of tetrazole rings is 1. The third-order valence-electron chi connectivity index (χ3n) is 5.75. The van der Waals surface area contributed by atoms with E-state index in [1.54, 1.807) is 4.68 Å². The molecule has 3 heterocycles. The molecule has 26 heavy (non-hydrogen) atoms. The van der Waals surface area contributed by atoms with E-state index in [0.717, 1.165) is 18.1 Å². The van der Waals surface area contributed by atoms with E-state index >= 15 is 0 Å². The highest BCUT2D eigenvalue weighted by molar-refractivity contribution is 5.94. The molecule has 0 radical (unpaired) electrons. The van der Waals surface area contributed by atoms with E-state index in [-0.39, 0.29) is 5.91 Å². The van der Waals surface area contributed by atoms with E-state index in [4.69, 9.17) is 0 Å². The van der Waals surface area contributed by atoms with Crippen molar-refractivity contribution in [1.82, 2.24) is 30.4 Å². The number of carbonyl (C=O) groups is 1. The zero-order valence-electron chi connectivity index (χ0n) is 15.3. The van der Waals surface area contributed by atoms with Crippen LogP contribution in [0.15, 0.2) is 24.3 Å². The minimum atomic E-state index is -0.00193. The summed E-state index contributed by atoms with van der Waals surface area (Å²) >= 11 is 0. The Balaban J connectivity index is 1.36. The van der Waals surface area contributed by atoms with E-state index in [2.05, 4.69) is 25.7 Å². The van der Waals surface area contributed by atoms with Crippen molar-refractivity contribution in [3.63, 3.8) is 0 Å². The molecular formula is C19H26N6O. The van der Waals surface area contributed by atoms with E-state index in [1.807, 2.05) is 31.2 Å². The minimum absolute atomic E-state index is 0.00193. The van der Waals surface area contributed by atoms with Crippen molar-refractivity contribution < 1.29 is 4.79 Å². The van der Waals surface area contributed by atoms with Gasteiger partial charge in [0, 0.05) is 18.2 Å². The van der Waals surface area contributed by atoms with Gasteiger partial charge in [0.2, 0.25) is 0 Å². The Hall–Kier alpha value is -2.28. The molecule has 1 aromatic carbocycles. The largest absolute Gasteiger partial charge is 0.352 e. The fourth-order valence-corrected chi connectivity index (χ4v) is 4.37. The Bertz CT molecular complexity index is 754. The summed E-state index contributed by atoms with van der Waals surface area (Å²) in [6.07, 6.45) is 6.39. The highest BCUT2D eigenvalue weighted by Gasteiger charge is 2.32. The first-order chi connectivity index (χ1) is 12.7. The molecule has 2 saturated heterocycles. The van der Waals surface area contributed by atoms with Gasteiger partial charge in [-0.1, -0.05) is 6.42 Å². The van der Waals surface area contributed by atoms with Gasteiger partial charge in [-0.2, -0.15) is 4.68 Å². The van der Waals surface area contributed by atoms with Gasteiger partial charge in [0.25, 0.3) is 5.91 Å². The number of piperidine rings is 2. The van der Waals surface area contributed by atoms with Crippen molar-refractivity contribution in [1.29, 1.82) is 0 Å². The summed E-state index contributed by atoms with van der Waals surface area (Å²) in [6, 6.07) is 8.07. The van der Waals surface area contributed by atoms with Crippen molar-refractivity contribution in [3.8, 4) is 5.69 Å². The lowest BCUT2D eigenvalue weighted by atomic mass is 9.83. The predicted molar refractivity (Wildman–Crippen MR) is 98.2 cm³/mol. The van der Waals surface area contributed by atoms with Gasteiger partial charge in [0.15, 0.2) is 5.82 Å². The molecule has 2 atom stereocenters. The van der Waals surface area contributed by atoms with Crippen molar-refractivity contribution in [2.45, 2.75) is 45.1 Å². The molecule has 0 bridgehead atoms. The van der Waals surface area contributed by atoms with Crippen molar-refractivity contribution in [2.75, 3.05) is 19.6 Å². The number of fused-ring (bicyclic) bond motifs is 1. The predicted octanol–water partition coefficient (Wildman–Crippen LogP) is 1.97. The monoisotopic (exact) mass is 354 g/mol. The van der Waals surface area contributed by atoms with E-state index in [0.29, 0.717) is 17.5 Å². The molecule has 7 heteroatoms. The van der Waals surface area contributed by atoms with Crippen LogP contribution in [0.1, 0.15) is 48.3 Å². The van der Waals surface area contributed by atoms with Gasteiger partial charge in [0.1, 0.15) is 0 Å². The highest BCUT2D eigenvalue weighted by atomic mass is 16.1. The number of rotatable bonds is 4. The van der Waals surface area contributed by atoms with E-state index in [9.17, 15) is 4.79 Å². The molecule has 2 aliphatic rings. The van der Waals surface area contributed by atoms with Gasteiger partial charge >= 0.3 is 0 Å². The standard InChI is InChI=1S/C19H26N6O/c1-14-21-22-23-25(14)17-9-7-15(8-10-17)19(26)20-13-16-5-4-12-24-11-3-2-6-18(16)24/h7-10,16,18H,2-6,11-13H2,1H3,(H,20,26). The number of hydrogen-bond acceptors (Lipinski definition) is 5. The maximum absolute atomic E-state index is 12.5. The zero-order valence-corrected chi connectivity index (χ0v) is 15.3. The second-order valence-corrected chi connectivity index (χ2v) is 7.40. The summed E-state index contributed by atoms with van der Waals surface area (Å²) in [6.45, 7) is 5.08. The average molecular weight is 354 g/mol. The molecule has 2 aromatic rings. The van der Waals surface area contributed by atoms with Gasteiger partial charge < -0.3 is 10.2 Å². The number of amides is 1. The third kappa shape index (κ3) is 3.49. The molecule has 1 N–H and O–H groups in total. The van der Waals surface area contributed by atoms with Crippen LogP contribution in [0.2, 0.25) is 0 Å². The second-order valence-electron chi connectivity index (χ2n) is 7.40. The topological polar surface area (TPSA) is 75.9 Å². The molecule has 2 unspecified atom stereocenters. The minimum Gasteiger partial charge on any atom is -0.352 e. The average Bonchev–Trinajstić information content (AvgIpc) is 3.12. The summed E-state index contributed by atoms with van der Waals surface area (Å²) in [5.41, 5.74) is 1.53. The number of nitrogens with zero attached hydrogens (tertiary/aromatic N) is 5. The molecule has 1 aromatic heterocycles. The number of benzene rings is 1. The molecule has 1 amide bonds. The fraction of sp³-hybridized carbons (Fsp3) is 0.579. The highest BCUT2D eigenvalue weighted by Crippen LogP contribution is 2.30. The van der Waals surface area contributed by atoms with Crippen LogP contribution < -0.4 is 5.32 Å². The Morgan fingerprint density at radius 2 is 1.96 bits per heavy atom. The number of hydrogen-bond donors (Lipinski definition) is 1. The summed E-state index contributed by atoms with van der Waals surface area (Å²) in [5, 5.41) is 14.6. The third-order valence-corrected chi connectivity index (χ3v) is 5.75. The van der Waals surface area contributed by atoms with Crippen LogP contribution in [-0.2, 0) is 0 Å². The Morgan fingerprint density at radius 1 is 1.15 bits per heavy atom.